The van der Waals surface area contributed by atoms with Crippen molar-refractivity contribution in [2.24, 2.45) is 0 Å². The van der Waals surface area contributed by atoms with Gasteiger partial charge in [0.25, 0.3) is 0 Å². The molecule has 1 amide bonds. The van der Waals surface area contributed by atoms with Crippen molar-refractivity contribution < 1.29 is 14.6 Å². The normalized spacial score (nSPS) is 20.6. The van der Waals surface area contributed by atoms with Gasteiger partial charge < -0.3 is 19.6 Å². The number of anilines is 1. The standard InChI is InChI=1S/C17H25ClN4O3/c1-17(2,3)25-16(24)21-8-6-12-13(9-21)19-15(18)20-14(12)22-7-4-5-11(22)10-23/h11,23H,4-10H2,1-3H3/t11-/m0/s1. The van der Waals surface area contributed by atoms with Crippen LogP contribution in [0.4, 0.5) is 10.6 Å². The molecule has 0 radical (unpaired) electrons. The topological polar surface area (TPSA) is 78.8 Å². The van der Waals surface area contributed by atoms with Gasteiger partial charge in [0.1, 0.15) is 11.4 Å². The summed E-state index contributed by atoms with van der Waals surface area (Å²) in [5.41, 5.74) is 1.25. The van der Waals surface area contributed by atoms with Gasteiger partial charge in [-0.1, -0.05) is 0 Å². The summed E-state index contributed by atoms with van der Waals surface area (Å²) >= 11 is 6.14. The van der Waals surface area contributed by atoms with Crippen LogP contribution in [0.25, 0.3) is 0 Å². The van der Waals surface area contributed by atoms with Crippen LogP contribution in [0.15, 0.2) is 0 Å². The minimum atomic E-state index is -0.532. The van der Waals surface area contributed by atoms with Gasteiger partial charge in [0.05, 0.1) is 24.9 Å². The molecular formula is C17H25ClN4O3. The number of halogens is 1. The van der Waals surface area contributed by atoms with Crippen molar-refractivity contribution >= 4 is 23.5 Å². The summed E-state index contributed by atoms with van der Waals surface area (Å²) < 4.78 is 5.45. The minimum Gasteiger partial charge on any atom is -0.444 e. The van der Waals surface area contributed by atoms with Crippen molar-refractivity contribution in [1.82, 2.24) is 14.9 Å². The van der Waals surface area contributed by atoms with Crippen molar-refractivity contribution in [1.29, 1.82) is 0 Å². The Morgan fingerprint density at radius 2 is 2.12 bits per heavy atom. The number of carbonyl (C=O) groups excluding carboxylic acids is 1. The third-order valence-corrected chi connectivity index (χ3v) is 4.70. The maximum absolute atomic E-state index is 12.3. The molecule has 0 aromatic carbocycles. The Morgan fingerprint density at radius 1 is 1.36 bits per heavy atom. The van der Waals surface area contributed by atoms with E-state index in [0.717, 1.165) is 36.5 Å². The molecule has 1 aromatic heterocycles. The molecule has 8 heteroatoms. The molecule has 138 valence electrons. The lowest BCUT2D eigenvalue weighted by molar-refractivity contribution is 0.0220. The summed E-state index contributed by atoms with van der Waals surface area (Å²) in [5.74, 6) is 0.801. The highest BCUT2D eigenvalue weighted by Gasteiger charge is 2.32. The number of amides is 1. The summed E-state index contributed by atoms with van der Waals surface area (Å²) in [7, 11) is 0. The van der Waals surface area contributed by atoms with Crippen LogP contribution in [0.1, 0.15) is 44.9 Å². The third-order valence-electron chi connectivity index (χ3n) is 4.53. The van der Waals surface area contributed by atoms with Crippen LogP contribution in [0.3, 0.4) is 0 Å². The van der Waals surface area contributed by atoms with E-state index in [4.69, 9.17) is 16.3 Å². The van der Waals surface area contributed by atoms with Gasteiger partial charge in [0, 0.05) is 18.7 Å². The van der Waals surface area contributed by atoms with Crippen LogP contribution in [0, 0.1) is 0 Å². The van der Waals surface area contributed by atoms with E-state index in [1.165, 1.54) is 0 Å². The lowest BCUT2D eigenvalue weighted by Gasteiger charge is -2.33. The molecule has 0 bridgehead atoms. The number of aliphatic hydroxyl groups excluding tert-OH is 1. The number of ether oxygens (including phenoxy) is 1. The highest BCUT2D eigenvalue weighted by molar-refractivity contribution is 6.28. The highest BCUT2D eigenvalue weighted by Crippen LogP contribution is 2.32. The number of hydrogen-bond donors (Lipinski definition) is 1. The predicted octanol–water partition coefficient (Wildman–Crippen LogP) is 2.38. The SMILES string of the molecule is CC(C)(C)OC(=O)N1CCc2c(nc(Cl)nc2N2CCC[C@H]2CO)C1. The second-order valence-corrected chi connectivity index (χ2v) is 7.90. The van der Waals surface area contributed by atoms with Crippen LogP contribution < -0.4 is 4.90 Å². The average molecular weight is 369 g/mol. The summed E-state index contributed by atoms with van der Waals surface area (Å²) in [4.78, 5) is 24.9. The van der Waals surface area contributed by atoms with Gasteiger partial charge in [0.15, 0.2) is 0 Å². The quantitative estimate of drug-likeness (QED) is 0.807. The first kappa shape index (κ1) is 18.2. The Morgan fingerprint density at radius 3 is 2.80 bits per heavy atom. The van der Waals surface area contributed by atoms with E-state index >= 15 is 0 Å². The third kappa shape index (κ3) is 3.98. The molecule has 1 saturated heterocycles. The van der Waals surface area contributed by atoms with Crippen LogP contribution >= 0.6 is 11.6 Å². The molecule has 1 fully saturated rings. The summed E-state index contributed by atoms with van der Waals surface area (Å²) in [6.07, 6.45) is 2.27. The van der Waals surface area contributed by atoms with Gasteiger partial charge in [-0.3, -0.25) is 0 Å². The summed E-state index contributed by atoms with van der Waals surface area (Å²) in [6, 6.07) is 0.0685. The summed E-state index contributed by atoms with van der Waals surface area (Å²) in [5, 5.41) is 9.78. The molecule has 25 heavy (non-hydrogen) atoms. The second-order valence-electron chi connectivity index (χ2n) is 7.57. The van der Waals surface area contributed by atoms with E-state index in [1.54, 1.807) is 4.90 Å². The van der Waals surface area contributed by atoms with E-state index in [2.05, 4.69) is 14.9 Å². The highest BCUT2D eigenvalue weighted by atomic mass is 35.5. The molecule has 0 aliphatic carbocycles. The van der Waals surface area contributed by atoms with Crippen LogP contribution in [-0.4, -0.2) is 57.4 Å². The smallest absolute Gasteiger partial charge is 0.410 e. The molecule has 1 atom stereocenters. The fraction of sp³-hybridized carbons (Fsp3) is 0.706. The van der Waals surface area contributed by atoms with Crippen molar-refractivity contribution in [3.8, 4) is 0 Å². The predicted molar refractivity (Wildman–Crippen MR) is 94.8 cm³/mol. The lowest BCUT2D eigenvalue weighted by atomic mass is 10.0. The minimum absolute atomic E-state index is 0.0685. The molecule has 3 heterocycles. The van der Waals surface area contributed by atoms with Gasteiger partial charge in [-0.15, -0.1) is 0 Å². The number of carbonyl (C=O) groups is 1. The average Bonchev–Trinajstić information content (AvgIpc) is 3.00. The monoisotopic (exact) mass is 368 g/mol. The largest absolute Gasteiger partial charge is 0.444 e. The van der Waals surface area contributed by atoms with Crippen molar-refractivity contribution in [3.63, 3.8) is 0 Å². The van der Waals surface area contributed by atoms with Crippen LogP contribution in [0.2, 0.25) is 5.28 Å². The molecule has 3 rings (SSSR count). The number of hydrogen-bond acceptors (Lipinski definition) is 6. The fourth-order valence-corrected chi connectivity index (χ4v) is 3.59. The molecule has 7 nitrogen and oxygen atoms in total. The maximum atomic E-state index is 12.3. The van der Waals surface area contributed by atoms with Crippen molar-refractivity contribution in [2.75, 3.05) is 24.6 Å². The van der Waals surface area contributed by atoms with Crippen LogP contribution in [-0.2, 0) is 17.7 Å². The van der Waals surface area contributed by atoms with Gasteiger partial charge in [-0.25, -0.2) is 14.8 Å². The molecule has 2 aliphatic heterocycles. The van der Waals surface area contributed by atoms with Gasteiger partial charge in [0.2, 0.25) is 5.28 Å². The number of rotatable bonds is 2. The number of aliphatic hydroxyl groups is 1. The Labute approximate surface area is 152 Å². The van der Waals surface area contributed by atoms with Crippen molar-refractivity contribution in [2.45, 2.75) is 58.2 Å². The van der Waals surface area contributed by atoms with Gasteiger partial charge in [-0.05, 0) is 51.6 Å². The van der Waals surface area contributed by atoms with E-state index in [0.29, 0.717) is 19.5 Å². The van der Waals surface area contributed by atoms with Gasteiger partial charge >= 0.3 is 6.09 Å². The fourth-order valence-electron chi connectivity index (χ4n) is 3.41. The molecule has 0 unspecified atom stereocenters. The zero-order valence-electron chi connectivity index (χ0n) is 15.0. The van der Waals surface area contributed by atoms with E-state index in [1.807, 2.05) is 20.8 Å². The lowest BCUT2D eigenvalue weighted by Crippen LogP contribution is -2.41. The van der Waals surface area contributed by atoms with Crippen molar-refractivity contribution in [3.05, 3.63) is 16.5 Å². The molecule has 1 N–H and O–H groups in total. The molecule has 2 aliphatic rings. The maximum Gasteiger partial charge on any atom is 0.410 e. The summed E-state index contributed by atoms with van der Waals surface area (Å²) in [6.45, 7) is 7.41. The first-order valence-electron chi connectivity index (χ1n) is 8.69. The Hall–Kier alpha value is -1.60. The number of nitrogens with zero attached hydrogens (tertiary/aromatic N) is 4. The first-order valence-corrected chi connectivity index (χ1v) is 9.07. The number of aromatic nitrogens is 2. The Balaban J connectivity index is 1.85. The van der Waals surface area contributed by atoms with E-state index < -0.39 is 5.60 Å². The van der Waals surface area contributed by atoms with E-state index in [-0.39, 0.29) is 24.0 Å². The Bertz CT molecular complexity index is 662. The second kappa shape index (κ2) is 6.96. The Kier molecular flexibility index (Phi) is 5.06. The van der Waals surface area contributed by atoms with E-state index in [9.17, 15) is 9.90 Å². The first-order chi connectivity index (χ1) is 11.8. The molecule has 0 spiro atoms. The molecule has 0 saturated carbocycles. The molecule has 1 aromatic rings. The number of fused-ring (bicyclic) bond motifs is 1. The zero-order valence-corrected chi connectivity index (χ0v) is 15.7. The molecular weight excluding hydrogens is 344 g/mol. The zero-order chi connectivity index (χ0) is 18.2. The van der Waals surface area contributed by atoms with Crippen LogP contribution in [0.5, 0.6) is 0 Å². The van der Waals surface area contributed by atoms with Gasteiger partial charge in [-0.2, -0.15) is 0 Å².